The average Bonchev–Trinajstić information content (AvgIpc) is 2.73. The number of nitrogens with one attached hydrogen (secondary N) is 1. The Bertz CT molecular complexity index is 463. The zero-order chi connectivity index (χ0) is 12.1. The van der Waals surface area contributed by atoms with Gasteiger partial charge in [0.15, 0.2) is 0 Å². The largest absolute Gasteiger partial charge is 0.355 e. The van der Waals surface area contributed by atoms with Crippen LogP contribution in [0.4, 0.5) is 5.95 Å². The van der Waals surface area contributed by atoms with Gasteiger partial charge in [-0.1, -0.05) is 0 Å². The van der Waals surface area contributed by atoms with Gasteiger partial charge in [0.2, 0.25) is 5.95 Å². The molecule has 0 amide bonds. The molecule has 0 atom stereocenters. The maximum atomic E-state index is 4.23. The molecule has 0 aliphatic carbocycles. The van der Waals surface area contributed by atoms with Gasteiger partial charge in [-0.2, -0.15) is 0 Å². The lowest BCUT2D eigenvalue weighted by molar-refractivity contribution is 0.716. The first-order valence-electron chi connectivity index (χ1n) is 5.90. The van der Waals surface area contributed by atoms with E-state index in [1.807, 2.05) is 12.1 Å². The summed E-state index contributed by atoms with van der Waals surface area (Å²) in [5, 5.41) is 11.6. The van der Waals surface area contributed by atoms with Gasteiger partial charge in [0, 0.05) is 31.9 Å². The van der Waals surface area contributed by atoms with Gasteiger partial charge in [0.25, 0.3) is 0 Å². The van der Waals surface area contributed by atoms with Crippen LogP contribution >= 0.6 is 0 Å². The lowest BCUT2D eigenvalue weighted by Gasteiger charge is -2.07. The van der Waals surface area contributed by atoms with E-state index < -0.39 is 0 Å². The van der Waals surface area contributed by atoms with Gasteiger partial charge in [0.1, 0.15) is 5.82 Å². The molecule has 5 nitrogen and oxygen atoms in total. The molecule has 0 aliphatic heterocycles. The zero-order valence-electron chi connectivity index (χ0n) is 10.2. The smallest absolute Gasteiger partial charge is 0.224 e. The summed E-state index contributed by atoms with van der Waals surface area (Å²) in [6.45, 7) is 5.88. The Hall–Kier alpha value is -1.91. The summed E-state index contributed by atoms with van der Waals surface area (Å²) in [6.07, 6.45) is 4.38. The first kappa shape index (κ1) is 11.6. The van der Waals surface area contributed by atoms with Crippen molar-refractivity contribution in [3.05, 3.63) is 35.9 Å². The summed E-state index contributed by atoms with van der Waals surface area (Å²) in [5.74, 6) is 1.83. The van der Waals surface area contributed by atoms with E-state index in [1.54, 1.807) is 12.4 Å². The lowest BCUT2D eigenvalue weighted by Crippen LogP contribution is -2.08. The van der Waals surface area contributed by atoms with Crippen LogP contribution in [-0.4, -0.2) is 26.3 Å². The molecule has 0 saturated carbocycles. The second-order valence-electron chi connectivity index (χ2n) is 3.75. The molecule has 2 aromatic heterocycles. The maximum Gasteiger partial charge on any atom is 0.224 e. The molecule has 0 fully saturated rings. The molecule has 0 bridgehead atoms. The third kappa shape index (κ3) is 2.61. The van der Waals surface area contributed by atoms with Gasteiger partial charge in [-0.15, -0.1) is 10.2 Å². The third-order valence-electron chi connectivity index (χ3n) is 2.59. The monoisotopic (exact) mass is 231 g/mol. The molecule has 2 heterocycles. The van der Waals surface area contributed by atoms with Crippen molar-refractivity contribution >= 4 is 5.95 Å². The van der Waals surface area contributed by atoms with E-state index in [1.165, 1.54) is 5.56 Å². The van der Waals surface area contributed by atoms with Crippen LogP contribution < -0.4 is 5.32 Å². The number of hydrogen-bond acceptors (Lipinski definition) is 4. The summed E-state index contributed by atoms with van der Waals surface area (Å²) in [5.41, 5.74) is 1.20. The van der Waals surface area contributed by atoms with Gasteiger partial charge in [-0.25, -0.2) is 0 Å². The van der Waals surface area contributed by atoms with Crippen molar-refractivity contribution in [1.29, 1.82) is 0 Å². The fourth-order valence-corrected chi connectivity index (χ4v) is 1.77. The molecule has 0 saturated heterocycles. The Morgan fingerprint density at radius 2 is 1.94 bits per heavy atom. The summed E-state index contributed by atoms with van der Waals surface area (Å²) < 4.78 is 2.10. The summed E-state index contributed by atoms with van der Waals surface area (Å²) >= 11 is 0. The van der Waals surface area contributed by atoms with E-state index in [0.29, 0.717) is 0 Å². The number of aromatic nitrogens is 4. The highest BCUT2D eigenvalue weighted by molar-refractivity contribution is 5.27. The minimum Gasteiger partial charge on any atom is -0.355 e. The Labute approximate surface area is 101 Å². The number of pyridine rings is 1. The number of nitrogens with zero attached hydrogens (tertiary/aromatic N) is 4. The topological polar surface area (TPSA) is 55.6 Å². The van der Waals surface area contributed by atoms with Gasteiger partial charge >= 0.3 is 0 Å². The molecule has 0 radical (unpaired) electrons. The van der Waals surface area contributed by atoms with Crippen molar-refractivity contribution in [1.82, 2.24) is 19.7 Å². The van der Waals surface area contributed by atoms with Crippen LogP contribution in [-0.2, 0) is 13.0 Å². The molecule has 0 aliphatic rings. The molecular formula is C12H17N5. The van der Waals surface area contributed by atoms with E-state index in [0.717, 1.165) is 31.3 Å². The highest BCUT2D eigenvalue weighted by atomic mass is 15.3. The number of rotatable bonds is 5. The Balaban J connectivity index is 2.21. The van der Waals surface area contributed by atoms with Crippen molar-refractivity contribution in [2.45, 2.75) is 26.8 Å². The molecule has 2 aromatic rings. The first-order chi connectivity index (χ1) is 8.35. The predicted octanol–water partition coefficient (Wildman–Crippen LogP) is 1.72. The fourth-order valence-electron chi connectivity index (χ4n) is 1.77. The van der Waals surface area contributed by atoms with Crippen LogP contribution in [0.2, 0.25) is 0 Å². The normalized spacial score (nSPS) is 10.5. The van der Waals surface area contributed by atoms with Crippen LogP contribution in [0, 0.1) is 0 Å². The highest BCUT2D eigenvalue weighted by Gasteiger charge is 2.09. The van der Waals surface area contributed by atoms with Crippen molar-refractivity contribution < 1.29 is 0 Å². The Morgan fingerprint density at radius 3 is 2.59 bits per heavy atom. The Morgan fingerprint density at radius 1 is 1.18 bits per heavy atom. The van der Waals surface area contributed by atoms with Crippen LogP contribution in [0.15, 0.2) is 24.5 Å². The standard InChI is InChI=1S/C12H17N5/c1-3-14-12-16-15-11(17(12)4-2)9-10-5-7-13-8-6-10/h5-8H,3-4,9H2,1-2H3,(H,14,16). The molecule has 17 heavy (non-hydrogen) atoms. The zero-order valence-corrected chi connectivity index (χ0v) is 10.2. The fraction of sp³-hybridized carbons (Fsp3) is 0.417. The molecule has 0 unspecified atom stereocenters. The second kappa shape index (κ2) is 5.43. The summed E-state index contributed by atoms with van der Waals surface area (Å²) in [6, 6.07) is 4.00. The quantitative estimate of drug-likeness (QED) is 0.851. The molecule has 0 aromatic carbocycles. The van der Waals surface area contributed by atoms with Crippen LogP contribution in [0.1, 0.15) is 25.2 Å². The molecule has 90 valence electrons. The van der Waals surface area contributed by atoms with Crippen molar-refractivity contribution in [3.63, 3.8) is 0 Å². The van der Waals surface area contributed by atoms with Gasteiger partial charge in [-0.3, -0.25) is 9.55 Å². The van der Waals surface area contributed by atoms with E-state index in [4.69, 9.17) is 0 Å². The van der Waals surface area contributed by atoms with Crippen LogP contribution in [0.5, 0.6) is 0 Å². The lowest BCUT2D eigenvalue weighted by atomic mass is 10.2. The van der Waals surface area contributed by atoms with Gasteiger partial charge in [0.05, 0.1) is 0 Å². The SMILES string of the molecule is CCNc1nnc(Cc2ccncc2)n1CC. The molecule has 1 N–H and O–H groups in total. The van der Waals surface area contributed by atoms with E-state index in [2.05, 4.69) is 38.9 Å². The average molecular weight is 231 g/mol. The first-order valence-corrected chi connectivity index (χ1v) is 5.90. The van der Waals surface area contributed by atoms with Crippen molar-refractivity contribution in [3.8, 4) is 0 Å². The third-order valence-corrected chi connectivity index (χ3v) is 2.59. The van der Waals surface area contributed by atoms with Crippen LogP contribution in [0.25, 0.3) is 0 Å². The van der Waals surface area contributed by atoms with E-state index in [9.17, 15) is 0 Å². The molecular weight excluding hydrogens is 214 g/mol. The number of hydrogen-bond donors (Lipinski definition) is 1. The summed E-state index contributed by atoms with van der Waals surface area (Å²) in [7, 11) is 0. The number of anilines is 1. The van der Waals surface area contributed by atoms with E-state index in [-0.39, 0.29) is 0 Å². The minimum absolute atomic E-state index is 0.786. The molecule has 5 heteroatoms. The van der Waals surface area contributed by atoms with Crippen molar-refractivity contribution in [2.24, 2.45) is 0 Å². The van der Waals surface area contributed by atoms with Gasteiger partial charge < -0.3 is 5.32 Å². The molecule has 0 spiro atoms. The molecule has 2 rings (SSSR count). The predicted molar refractivity (Wildman–Crippen MR) is 66.9 cm³/mol. The Kier molecular flexibility index (Phi) is 3.69. The second-order valence-corrected chi connectivity index (χ2v) is 3.75. The summed E-state index contributed by atoms with van der Waals surface area (Å²) in [4.78, 5) is 4.01. The van der Waals surface area contributed by atoms with E-state index >= 15 is 0 Å². The maximum absolute atomic E-state index is 4.23. The van der Waals surface area contributed by atoms with Crippen LogP contribution in [0.3, 0.4) is 0 Å². The van der Waals surface area contributed by atoms with Gasteiger partial charge in [-0.05, 0) is 31.5 Å². The van der Waals surface area contributed by atoms with Crippen molar-refractivity contribution in [2.75, 3.05) is 11.9 Å². The minimum atomic E-state index is 0.786. The highest BCUT2D eigenvalue weighted by Crippen LogP contribution is 2.11.